The Labute approximate surface area is 202 Å². The van der Waals surface area contributed by atoms with Crippen LogP contribution in [0.2, 0.25) is 0 Å². The zero-order valence-corrected chi connectivity index (χ0v) is 20.5. The Balaban J connectivity index is 1.78. The lowest BCUT2D eigenvalue weighted by atomic mass is 10.1. The van der Waals surface area contributed by atoms with Gasteiger partial charge in [0, 0.05) is 19.2 Å². The molecule has 2 heterocycles. The average molecular weight is 507 g/mol. The van der Waals surface area contributed by atoms with Crippen molar-refractivity contribution in [1.29, 1.82) is 0 Å². The summed E-state index contributed by atoms with van der Waals surface area (Å²) in [6.07, 6.45) is 2.09. The molecule has 8 nitrogen and oxygen atoms in total. The topological polar surface area (TPSA) is 112 Å². The maximum absolute atomic E-state index is 13.1. The molecule has 0 fully saturated rings. The highest BCUT2D eigenvalue weighted by Crippen LogP contribution is 2.20. The van der Waals surface area contributed by atoms with Gasteiger partial charge in [-0.1, -0.05) is 12.1 Å². The molecule has 34 heavy (non-hydrogen) atoms. The smallest absolute Gasteiger partial charge is 0.251 e. The van der Waals surface area contributed by atoms with E-state index >= 15 is 0 Å². The van der Waals surface area contributed by atoms with Crippen molar-refractivity contribution in [3.05, 3.63) is 75.7 Å². The third-order valence-electron chi connectivity index (χ3n) is 5.14. The number of rotatable bonds is 11. The van der Waals surface area contributed by atoms with Crippen molar-refractivity contribution in [3.63, 3.8) is 0 Å². The molecule has 2 aromatic heterocycles. The summed E-state index contributed by atoms with van der Waals surface area (Å²) in [6, 6.07) is 10.5. The molecular formula is C23H27FN4O4S2. The number of aromatic nitrogens is 1. The predicted molar refractivity (Wildman–Crippen MR) is 132 cm³/mol. The third-order valence-corrected chi connectivity index (χ3v) is 7.06. The molecule has 0 unspecified atom stereocenters. The lowest BCUT2D eigenvalue weighted by molar-refractivity contribution is 0.0916. The largest absolute Gasteiger partial charge is 0.394 e. The number of aliphatic hydroxyl groups is 1. The number of amides is 1. The maximum Gasteiger partial charge on any atom is 0.251 e. The van der Waals surface area contributed by atoms with Gasteiger partial charge < -0.3 is 15.7 Å². The summed E-state index contributed by atoms with van der Waals surface area (Å²) in [5.41, 5.74) is 2.11. The fourth-order valence-corrected chi connectivity index (χ4v) is 4.29. The van der Waals surface area contributed by atoms with Crippen LogP contribution in [0.25, 0.3) is 0 Å². The molecule has 0 saturated carbocycles. The summed E-state index contributed by atoms with van der Waals surface area (Å²) >= 11 is 1.53. The Hall–Kier alpha value is -3.02. The number of carbonyl (C=O) groups excluding carboxylic acids is 1. The Morgan fingerprint density at radius 2 is 1.94 bits per heavy atom. The van der Waals surface area contributed by atoms with Crippen LogP contribution in [0.5, 0.6) is 0 Å². The highest BCUT2D eigenvalue weighted by Gasteiger charge is 2.19. The fourth-order valence-electron chi connectivity index (χ4n) is 3.18. The number of aliphatic hydroxyl groups excluding tert-OH is 1. The van der Waals surface area contributed by atoms with Gasteiger partial charge >= 0.3 is 0 Å². The molecule has 0 spiro atoms. The quantitative estimate of drug-likeness (QED) is 0.369. The first-order chi connectivity index (χ1) is 16.2. The molecule has 11 heteroatoms. The van der Waals surface area contributed by atoms with Crippen LogP contribution in [-0.4, -0.2) is 56.9 Å². The van der Waals surface area contributed by atoms with Crippen molar-refractivity contribution in [3.8, 4) is 0 Å². The molecule has 1 amide bonds. The SMILES string of the molecule is CN(c1cc(C(=O)N[C@H](CO)Cc2ccsc2)cc(NCCc2ccc(F)cc2)n1)S(C)(=O)=O. The molecule has 3 N–H and O–H groups in total. The summed E-state index contributed by atoms with van der Waals surface area (Å²) < 4.78 is 38.2. The summed E-state index contributed by atoms with van der Waals surface area (Å²) in [7, 11) is -2.25. The summed E-state index contributed by atoms with van der Waals surface area (Å²) in [5.74, 6) is -0.372. The molecule has 182 valence electrons. The Morgan fingerprint density at radius 3 is 2.56 bits per heavy atom. The van der Waals surface area contributed by atoms with Crippen LogP contribution in [0.4, 0.5) is 16.0 Å². The van der Waals surface area contributed by atoms with Crippen LogP contribution in [-0.2, 0) is 22.9 Å². The molecule has 0 bridgehead atoms. The van der Waals surface area contributed by atoms with E-state index in [1.54, 1.807) is 12.1 Å². The lowest BCUT2D eigenvalue weighted by Crippen LogP contribution is -2.39. The van der Waals surface area contributed by atoms with Gasteiger partial charge in [-0.3, -0.25) is 9.10 Å². The van der Waals surface area contributed by atoms with Crippen LogP contribution < -0.4 is 14.9 Å². The van der Waals surface area contributed by atoms with E-state index in [0.29, 0.717) is 25.2 Å². The highest BCUT2D eigenvalue weighted by molar-refractivity contribution is 7.92. The zero-order chi connectivity index (χ0) is 24.7. The second kappa shape index (κ2) is 11.4. The molecule has 0 saturated heterocycles. The molecule has 0 aliphatic carbocycles. The van der Waals surface area contributed by atoms with Crippen LogP contribution in [0.15, 0.2) is 53.2 Å². The van der Waals surface area contributed by atoms with Gasteiger partial charge in [0.05, 0.1) is 18.9 Å². The number of anilines is 2. The Bertz CT molecular complexity index is 1200. The van der Waals surface area contributed by atoms with Gasteiger partial charge in [0.15, 0.2) is 0 Å². The third kappa shape index (κ3) is 7.24. The van der Waals surface area contributed by atoms with E-state index < -0.39 is 22.0 Å². The van der Waals surface area contributed by atoms with Crippen molar-refractivity contribution >= 4 is 38.9 Å². The van der Waals surface area contributed by atoms with Crippen LogP contribution in [0, 0.1) is 5.82 Å². The molecule has 1 aromatic carbocycles. The summed E-state index contributed by atoms with van der Waals surface area (Å²) in [4.78, 5) is 17.3. The number of pyridine rings is 1. The van der Waals surface area contributed by atoms with E-state index in [9.17, 15) is 22.7 Å². The Kier molecular flexibility index (Phi) is 8.59. The fraction of sp³-hybridized carbons (Fsp3) is 0.304. The van der Waals surface area contributed by atoms with E-state index in [1.807, 2.05) is 16.8 Å². The summed E-state index contributed by atoms with van der Waals surface area (Å²) in [6.45, 7) is 0.189. The molecule has 3 rings (SSSR count). The van der Waals surface area contributed by atoms with E-state index in [1.165, 1.54) is 42.6 Å². The van der Waals surface area contributed by atoms with Crippen LogP contribution in [0.1, 0.15) is 21.5 Å². The van der Waals surface area contributed by atoms with Gasteiger partial charge in [0.25, 0.3) is 5.91 Å². The molecular weight excluding hydrogens is 479 g/mol. The standard InChI is InChI=1S/C23H27FN4O4S2/c1-28(34(2,31)32)22-13-18(23(30)26-20(14-29)11-17-8-10-33-15-17)12-21(27-22)25-9-7-16-3-5-19(24)6-4-16/h3-6,8,10,12-13,15,20,29H,7,9,11,14H2,1-2H3,(H,25,27)(H,26,30)/t20-/m0/s1. The van der Waals surface area contributed by atoms with Crippen molar-refractivity contribution in [2.75, 3.05) is 36.1 Å². The summed E-state index contributed by atoms with van der Waals surface area (Å²) in [5, 5.41) is 19.5. The Morgan fingerprint density at radius 1 is 1.21 bits per heavy atom. The molecule has 0 aliphatic rings. The molecule has 0 aliphatic heterocycles. The van der Waals surface area contributed by atoms with Crippen LogP contribution in [0.3, 0.4) is 0 Å². The van der Waals surface area contributed by atoms with Crippen molar-refractivity contribution < 1.29 is 22.7 Å². The second-order valence-corrected chi connectivity index (χ2v) is 10.6. The molecule has 0 radical (unpaired) electrons. The first-order valence-corrected chi connectivity index (χ1v) is 13.3. The number of halogens is 1. The zero-order valence-electron chi connectivity index (χ0n) is 18.9. The van der Waals surface area contributed by atoms with E-state index in [4.69, 9.17) is 0 Å². The number of nitrogens with one attached hydrogen (secondary N) is 2. The number of sulfonamides is 1. The van der Waals surface area contributed by atoms with Gasteiger partial charge in [-0.25, -0.2) is 17.8 Å². The average Bonchev–Trinajstić information content (AvgIpc) is 3.31. The number of hydrogen-bond donors (Lipinski definition) is 3. The van der Waals surface area contributed by atoms with Gasteiger partial charge in [-0.05, 0) is 65.1 Å². The minimum absolute atomic E-state index is 0.0813. The van der Waals surface area contributed by atoms with Crippen molar-refractivity contribution in [1.82, 2.24) is 10.3 Å². The van der Waals surface area contributed by atoms with Crippen LogP contribution >= 0.6 is 11.3 Å². The normalized spacial score (nSPS) is 12.2. The number of benzene rings is 1. The molecule has 3 aromatic rings. The predicted octanol–water partition coefficient (Wildman–Crippen LogP) is 2.67. The lowest BCUT2D eigenvalue weighted by Gasteiger charge is -2.20. The van der Waals surface area contributed by atoms with E-state index in [-0.39, 0.29) is 23.8 Å². The monoisotopic (exact) mass is 506 g/mol. The minimum Gasteiger partial charge on any atom is -0.394 e. The maximum atomic E-state index is 13.1. The van der Waals surface area contributed by atoms with Crippen molar-refractivity contribution in [2.45, 2.75) is 18.9 Å². The molecule has 1 atom stereocenters. The van der Waals surface area contributed by atoms with Gasteiger partial charge in [0.2, 0.25) is 10.0 Å². The van der Waals surface area contributed by atoms with E-state index in [2.05, 4.69) is 15.6 Å². The number of nitrogens with zero attached hydrogens (tertiary/aromatic N) is 2. The number of hydrogen-bond acceptors (Lipinski definition) is 7. The van der Waals surface area contributed by atoms with Crippen molar-refractivity contribution in [2.24, 2.45) is 0 Å². The number of thiophene rings is 1. The van der Waals surface area contributed by atoms with Gasteiger partial charge in [-0.2, -0.15) is 11.3 Å². The minimum atomic E-state index is -3.61. The highest BCUT2D eigenvalue weighted by atomic mass is 32.2. The van der Waals surface area contributed by atoms with Gasteiger partial charge in [0.1, 0.15) is 17.5 Å². The first-order valence-electron chi connectivity index (χ1n) is 10.5. The first kappa shape index (κ1) is 25.6. The second-order valence-electron chi connectivity index (χ2n) is 7.82. The van der Waals surface area contributed by atoms with Gasteiger partial charge in [-0.15, -0.1) is 0 Å². The number of carbonyl (C=O) groups is 1. The van der Waals surface area contributed by atoms with E-state index in [0.717, 1.165) is 21.7 Å².